The molecule has 2 aliphatic rings. The lowest BCUT2D eigenvalue weighted by Crippen LogP contribution is -2.44. The number of carbonyl (C=O) groups excluding carboxylic acids is 3. The van der Waals surface area contributed by atoms with Gasteiger partial charge in [-0.05, 0) is 20.3 Å². The minimum absolute atomic E-state index is 0.126. The molecule has 0 spiro atoms. The number of imide groups is 1. The van der Waals surface area contributed by atoms with Gasteiger partial charge in [-0.15, -0.1) is 0 Å². The summed E-state index contributed by atoms with van der Waals surface area (Å²) in [5.41, 5.74) is -1.01. The number of likely N-dealkylation sites (tertiary alicyclic amines) is 1. The van der Waals surface area contributed by atoms with E-state index in [4.69, 9.17) is 5.11 Å². The lowest BCUT2D eigenvalue weighted by molar-refractivity contribution is -0.142. The van der Waals surface area contributed by atoms with Gasteiger partial charge in [-0.3, -0.25) is 19.3 Å². The fourth-order valence-electron chi connectivity index (χ4n) is 2.39. The summed E-state index contributed by atoms with van der Waals surface area (Å²) in [6.07, 6.45) is 0.396. The molecule has 2 heterocycles. The Hall–Kier alpha value is -2.12. The van der Waals surface area contributed by atoms with Gasteiger partial charge in [-0.25, -0.2) is 4.79 Å². The number of hydrogen-bond acceptors (Lipinski definition) is 4. The molecule has 0 bridgehead atoms. The summed E-state index contributed by atoms with van der Waals surface area (Å²) in [4.78, 5) is 48.7. The van der Waals surface area contributed by atoms with Crippen LogP contribution >= 0.6 is 0 Å². The van der Waals surface area contributed by atoms with E-state index in [9.17, 15) is 19.2 Å². The predicted molar refractivity (Wildman–Crippen MR) is 66.6 cm³/mol. The molecule has 0 radical (unpaired) electrons. The van der Waals surface area contributed by atoms with Crippen molar-refractivity contribution >= 4 is 23.8 Å². The normalized spacial score (nSPS) is 25.0. The highest BCUT2D eigenvalue weighted by Crippen LogP contribution is 2.19. The number of nitrogens with one attached hydrogen (secondary N) is 1. The Balaban J connectivity index is 1.98. The summed E-state index contributed by atoms with van der Waals surface area (Å²) in [5.74, 6) is -2.37. The highest BCUT2D eigenvalue weighted by molar-refractivity contribution is 6.08. The van der Waals surface area contributed by atoms with E-state index in [1.54, 1.807) is 13.8 Å². The molecule has 8 nitrogen and oxygen atoms in total. The van der Waals surface area contributed by atoms with Gasteiger partial charge in [-0.1, -0.05) is 0 Å². The molecule has 1 atom stereocenters. The number of rotatable bonds is 3. The first kappa shape index (κ1) is 14.3. The molecule has 20 heavy (non-hydrogen) atoms. The molecule has 0 aromatic rings. The van der Waals surface area contributed by atoms with Crippen LogP contribution in [0.3, 0.4) is 0 Å². The second-order valence-electron chi connectivity index (χ2n) is 5.61. The first-order valence-corrected chi connectivity index (χ1v) is 6.37. The summed E-state index contributed by atoms with van der Waals surface area (Å²) >= 11 is 0. The summed E-state index contributed by atoms with van der Waals surface area (Å²) in [6, 6.07) is -0.595. The van der Waals surface area contributed by atoms with E-state index in [0.717, 1.165) is 4.90 Å². The van der Waals surface area contributed by atoms with Gasteiger partial charge in [0.1, 0.15) is 12.1 Å². The number of carbonyl (C=O) groups is 4. The number of carboxylic acid groups (broad SMARTS) is 1. The van der Waals surface area contributed by atoms with Crippen LogP contribution in [0.25, 0.3) is 0 Å². The number of nitrogens with zero attached hydrogens (tertiary/aromatic N) is 2. The lowest BCUT2D eigenvalue weighted by atomic mass is 10.1. The van der Waals surface area contributed by atoms with Crippen molar-refractivity contribution < 1.29 is 24.3 Å². The highest BCUT2D eigenvalue weighted by atomic mass is 16.4. The summed E-state index contributed by atoms with van der Waals surface area (Å²) in [6.45, 7) is 3.24. The monoisotopic (exact) mass is 283 g/mol. The first-order valence-electron chi connectivity index (χ1n) is 6.37. The average Bonchev–Trinajstić information content (AvgIpc) is 2.89. The third-order valence-corrected chi connectivity index (χ3v) is 3.63. The molecule has 2 rings (SSSR count). The molecule has 2 fully saturated rings. The molecule has 8 heteroatoms. The van der Waals surface area contributed by atoms with Crippen molar-refractivity contribution in [1.29, 1.82) is 0 Å². The van der Waals surface area contributed by atoms with Gasteiger partial charge >= 0.3 is 12.0 Å². The van der Waals surface area contributed by atoms with Crippen molar-refractivity contribution in [2.75, 3.05) is 19.6 Å². The van der Waals surface area contributed by atoms with Gasteiger partial charge in [-0.2, -0.15) is 0 Å². The minimum atomic E-state index is -1.01. The number of amides is 4. The number of carboxylic acids is 1. The van der Waals surface area contributed by atoms with Gasteiger partial charge < -0.3 is 15.3 Å². The van der Waals surface area contributed by atoms with Crippen molar-refractivity contribution in [3.05, 3.63) is 0 Å². The van der Waals surface area contributed by atoms with Crippen LogP contribution in [-0.2, 0) is 14.4 Å². The molecule has 0 aromatic heterocycles. The van der Waals surface area contributed by atoms with Crippen LogP contribution in [-0.4, -0.2) is 63.9 Å². The Labute approximate surface area is 115 Å². The average molecular weight is 283 g/mol. The van der Waals surface area contributed by atoms with Crippen molar-refractivity contribution in [3.8, 4) is 0 Å². The van der Waals surface area contributed by atoms with Gasteiger partial charge in [0.05, 0.1) is 5.92 Å². The van der Waals surface area contributed by atoms with E-state index >= 15 is 0 Å². The fourth-order valence-corrected chi connectivity index (χ4v) is 2.39. The minimum Gasteiger partial charge on any atom is -0.481 e. The molecule has 2 N–H and O–H groups in total. The van der Waals surface area contributed by atoms with Crippen LogP contribution in [0.15, 0.2) is 0 Å². The van der Waals surface area contributed by atoms with Gasteiger partial charge in [0, 0.05) is 13.1 Å². The molecule has 0 saturated carbocycles. The Morgan fingerprint density at radius 2 is 2.05 bits per heavy atom. The number of aliphatic carboxylic acids is 1. The molecule has 110 valence electrons. The highest BCUT2D eigenvalue weighted by Gasteiger charge is 2.45. The van der Waals surface area contributed by atoms with Gasteiger partial charge in [0.2, 0.25) is 5.91 Å². The van der Waals surface area contributed by atoms with Crippen LogP contribution in [0.4, 0.5) is 4.79 Å². The quantitative estimate of drug-likeness (QED) is 0.663. The maximum absolute atomic E-state index is 12.0. The smallest absolute Gasteiger partial charge is 0.325 e. The number of urea groups is 1. The van der Waals surface area contributed by atoms with Crippen molar-refractivity contribution in [2.24, 2.45) is 5.92 Å². The zero-order valence-electron chi connectivity index (χ0n) is 11.4. The molecule has 0 aliphatic carbocycles. The third kappa shape index (κ3) is 2.45. The Morgan fingerprint density at radius 1 is 1.40 bits per heavy atom. The second-order valence-corrected chi connectivity index (χ2v) is 5.61. The van der Waals surface area contributed by atoms with E-state index in [-0.39, 0.29) is 13.1 Å². The third-order valence-electron chi connectivity index (χ3n) is 3.63. The van der Waals surface area contributed by atoms with E-state index in [2.05, 4.69) is 5.32 Å². The van der Waals surface area contributed by atoms with Gasteiger partial charge in [0.15, 0.2) is 0 Å². The Kier molecular flexibility index (Phi) is 3.41. The molecule has 2 aliphatic heterocycles. The van der Waals surface area contributed by atoms with Crippen LogP contribution in [0.5, 0.6) is 0 Å². The Morgan fingerprint density at radius 3 is 2.50 bits per heavy atom. The largest absolute Gasteiger partial charge is 0.481 e. The van der Waals surface area contributed by atoms with Crippen LogP contribution in [0.2, 0.25) is 0 Å². The standard InChI is InChI=1S/C12H17N3O5/c1-12(2)10(19)15(11(20)13-12)6-8(16)14-4-3-7(5-14)9(17)18/h7H,3-6H2,1-2H3,(H,13,20)(H,17,18). The topological polar surface area (TPSA) is 107 Å². The summed E-state index contributed by atoms with van der Waals surface area (Å²) in [5, 5.41) is 11.4. The van der Waals surface area contributed by atoms with Crippen LogP contribution in [0.1, 0.15) is 20.3 Å². The van der Waals surface area contributed by atoms with Crippen LogP contribution in [0, 0.1) is 5.92 Å². The number of hydrogen-bond donors (Lipinski definition) is 2. The van der Waals surface area contributed by atoms with Crippen LogP contribution < -0.4 is 5.32 Å². The maximum Gasteiger partial charge on any atom is 0.325 e. The maximum atomic E-state index is 12.0. The SMILES string of the molecule is CC1(C)NC(=O)N(CC(=O)N2CCC(C(=O)O)C2)C1=O. The van der Waals surface area contributed by atoms with E-state index in [1.165, 1.54) is 4.90 Å². The molecular formula is C12H17N3O5. The van der Waals surface area contributed by atoms with Gasteiger partial charge in [0.25, 0.3) is 5.91 Å². The zero-order valence-corrected chi connectivity index (χ0v) is 11.4. The second kappa shape index (κ2) is 4.77. The molecule has 0 aromatic carbocycles. The molecule has 2 saturated heterocycles. The van der Waals surface area contributed by atoms with E-state index < -0.39 is 35.3 Å². The molecule has 4 amide bonds. The lowest BCUT2D eigenvalue weighted by Gasteiger charge is -2.20. The summed E-state index contributed by atoms with van der Waals surface area (Å²) < 4.78 is 0. The Bertz CT molecular complexity index is 487. The predicted octanol–water partition coefficient (Wildman–Crippen LogP) is -0.750. The first-order chi connectivity index (χ1) is 9.22. The van der Waals surface area contributed by atoms with E-state index in [1.807, 2.05) is 0 Å². The summed E-state index contributed by atoms with van der Waals surface area (Å²) in [7, 11) is 0. The van der Waals surface area contributed by atoms with Crippen molar-refractivity contribution in [2.45, 2.75) is 25.8 Å². The van der Waals surface area contributed by atoms with E-state index in [0.29, 0.717) is 13.0 Å². The zero-order chi connectivity index (χ0) is 15.1. The van der Waals surface area contributed by atoms with Crippen molar-refractivity contribution in [1.82, 2.24) is 15.1 Å². The molecular weight excluding hydrogens is 266 g/mol. The molecule has 1 unspecified atom stereocenters. The fraction of sp³-hybridized carbons (Fsp3) is 0.667. The van der Waals surface area contributed by atoms with Crippen molar-refractivity contribution in [3.63, 3.8) is 0 Å².